The van der Waals surface area contributed by atoms with Crippen LogP contribution in [-0.2, 0) is 28.6 Å². The third-order valence-corrected chi connectivity index (χ3v) is 9.23. The van der Waals surface area contributed by atoms with Gasteiger partial charge in [0.2, 0.25) is 0 Å². The molecule has 0 aliphatic carbocycles. The topological polar surface area (TPSA) is 78.9 Å². The molecule has 56 heavy (non-hydrogen) atoms. The van der Waals surface area contributed by atoms with E-state index >= 15 is 0 Å². The Morgan fingerprint density at radius 2 is 0.750 bits per heavy atom. The lowest BCUT2D eigenvalue weighted by Gasteiger charge is -2.18. The first-order valence-corrected chi connectivity index (χ1v) is 22.7. The normalized spacial score (nSPS) is 12.8. The number of hydrogen-bond donors (Lipinski definition) is 0. The van der Waals surface area contributed by atoms with E-state index < -0.39 is 12.1 Å². The molecule has 0 rings (SSSR count). The van der Waals surface area contributed by atoms with Crippen molar-refractivity contribution in [1.29, 1.82) is 0 Å². The third-order valence-electron chi connectivity index (χ3n) is 9.23. The molecule has 0 saturated heterocycles. The average molecular weight is 779 g/mol. The Hall–Kier alpha value is -3.41. The van der Waals surface area contributed by atoms with E-state index in [4.69, 9.17) is 14.2 Å². The largest absolute Gasteiger partial charge is 0.462 e. The molecule has 0 radical (unpaired) electrons. The van der Waals surface area contributed by atoms with Gasteiger partial charge in [-0.05, 0) is 77.0 Å². The van der Waals surface area contributed by atoms with Gasteiger partial charge in [-0.3, -0.25) is 14.4 Å². The Morgan fingerprint density at radius 1 is 0.375 bits per heavy atom. The minimum Gasteiger partial charge on any atom is -0.462 e. The van der Waals surface area contributed by atoms with E-state index in [1.807, 2.05) is 54.7 Å². The SMILES string of the molecule is CC\C=C/C=C\C=C/C=C\C=C/CCCC(=O)OC(COC(=O)CCCCC/C=C\CCCCCCCCC)COC(=O)CCCCCCC/C=C\CCCC. The van der Waals surface area contributed by atoms with Gasteiger partial charge < -0.3 is 14.2 Å². The molecule has 6 nitrogen and oxygen atoms in total. The molecule has 0 aromatic carbocycles. The van der Waals surface area contributed by atoms with Crippen molar-refractivity contribution in [3.63, 3.8) is 0 Å². The summed E-state index contributed by atoms with van der Waals surface area (Å²) in [7, 11) is 0. The van der Waals surface area contributed by atoms with E-state index in [1.54, 1.807) is 0 Å². The standard InChI is InChI=1S/C50H82O6/c1-4-7-10-13-16-19-22-24-26-28-31-34-37-40-43-49(52)55-46-47(45-54-48(51)42-39-36-33-30-27-21-18-15-12-9-6-3)56-50(53)44-41-38-35-32-29-25-23-20-17-14-11-8-5-2/h8,11,14-15,17-18,20,23,25-26,28-29,32,35,47H,4-7,9-10,12-13,16,19,21-22,24,27,30-31,33-34,36-46H2,1-3H3/b11-8-,17-14-,18-15-,23-20-,28-26-,29-25-,35-32-. The van der Waals surface area contributed by atoms with Gasteiger partial charge in [0.15, 0.2) is 6.10 Å². The number of ether oxygens (including phenoxy) is 3. The lowest BCUT2D eigenvalue weighted by molar-refractivity contribution is -0.167. The summed E-state index contributed by atoms with van der Waals surface area (Å²) in [4.78, 5) is 37.7. The number of unbranched alkanes of at least 4 members (excludes halogenated alkanes) is 18. The van der Waals surface area contributed by atoms with E-state index in [0.717, 1.165) is 77.0 Å². The number of allylic oxidation sites excluding steroid dienone is 14. The van der Waals surface area contributed by atoms with Gasteiger partial charge in [-0.1, -0.05) is 183 Å². The van der Waals surface area contributed by atoms with Crippen molar-refractivity contribution in [2.24, 2.45) is 0 Å². The summed E-state index contributed by atoms with van der Waals surface area (Å²) in [6.07, 6.45) is 55.7. The van der Waals surface area contributed by atoms with E-state index in [-0.39, 0.29) is 31.6 Å². The molecular formula is C50H82O6. The van der Waals surface area contributed by atoms with Gasteiger partial charge in [-0.15, -0.1) is 0 Å². The highest BCUT2D eigenvalue weighted by Crippen LogP contribution is 2.12. The van der Waals surface area contributed by atoms with Crippen LogP contribution in [0.2, 0.25) is 0 Å². The smallest absolute Gasteiger partial charge is 0.306 e. The molecular weight excluding hydrogens is 697 g/mol. The molecule has 6 heteroatoms. The van der Waals surface area contributed by atoms with Crippen LogP contribution in [0.1, 0.15) is 194 Å². The van der Waals surface area contributed by atoms with Crippen molar-refractivity contribution in [2.45, 2.75) is 200 Å². The first-order chi connectivity index (χ1) is 27.5. The van der Waals surface area contributed by atoms with Crippen molar-refractivity contribution in [3.8, 4) is 0 Å². The Balaban J connectivity index is 4.54. The molecule has 1 unspecified atom stereocenters. The lowest BCUT2D eigenvalue weighted by atomic mass is 10.1. The molecule has 0 heterocycles. The van der Waals surface area contributed by atoms with Crippen LogP contribution in [0.25, 0.3) is 0 Å². The number of hydrogen-bond acceptors (Lipinski definition) is 6. The second kappa shape index (κ2) is 44.3. The maximum Gasteiger partial charge on any atom is 0.306 e. The molecule has 318 valence electrons. The van der Waals surface area contributed by atoms with Crippen LogP contribution >= 0.6 is 0 Å². The fraction of sp³-hybridized carbons (Fsp3) is 0.660. The van der Waals surface area contributed by atoms with E-state index in [1.165, 1.54) is 70.6 Å². The second-order valence-corrected chi connectivity index (χ2v) is 14.7. The number of rotatable bonds is 39. The Kier molecular flexibility index (Phi) is 41.6. The van der Waals surface area contributed by atoms with E-state index in [2.05, 4.69) is 51.2 Å². The van der Waals surface area contributed by atoms with Crippen molar-refractivity contribution < 1.29 is 28.6 Å². The molecule has 0 amide bonds. The maximum absolute atomic E-state index is 12.7. The maximum atomic E-state index is 12.7. The molecule has 0 spiro atoms. The van der Waals surface area contributed by atoms with Gasteiger partial charge in [0.05, 0.1) is 0 Å². The fourth-order valence-corrected chi connectivity index (χ4v) is 5.80. The average Bonchev–Trinajstić information content (AvgIpc) is 3.19. The van der Waals surface area contributed by atoms with Gasteiger partial charge in [0, 0.05) is 19.3 Å². The summed E-state index contributed by atoms with van der Waals surface area (Å²) in [6, 6.07) is 0. The highest BCUT2D eigenvalue weighted by atomic mass is 16.6. The van der Waals surface area contributed by atoms with Gasteiger partial charge in [-0.2, -0.15) is 0 Å². The molecule has 0 aliphatic heterocycles. The molecule has 1 atom stereocenters. The van der Waals surface area contributed by atoms with Crippen LogP contribution in [0.3, 0.4) is 0 Å². The fourth-order valence-electron chi connectivity index (χ4n) is 5.80. The summed E-state index contributed by atoms with van der Waals surface area (Å²) in [6.45, 7) is 6.34. The Bertz CT molecular complexity index is 1120. The zero-order chi connectivity index (χ0) is 40.8. The van der Waals surface area contributed by atoms with Crippen molar-refractivity contribution in [3.05, 3.63) is 85.1 Å². The van der Waals surface area contributed by atoms with Crippen LogP contribution < -0.4 is 0 Å². The molecule has 0 aromatic rings. The van der Waals surface area contributed by atoms with Crippen LogP contribution in [-0.4, -0.2) is 37.2 Å². The first-order valence-electron chi connectivity index (χ1n) is 22.7. The quantitative estimate of drug-likeness (QED) is 0.0203. The van der Waals surface area contributed by atoms with Crippen LogP contribution in [0, 0.1) is 0 Å². The minimum absolute atomic E-state index is 0.115. The first kappa shape index (κ1) is 52.6. The Labute approximate surface area is 344 Å². The molecule has 0 fully saturated rings. The summed E-state index contributed by atoms with van der Waals surface area (Å²) in [5.74, 6) is -1.02. The highest BCUT2D eigenvalue weighted by Gasteiger charge is 2.19. The summed E-state index contributed by atoms with van der Waals surface area (Å²) in [5.41, 5.74) is 0. The molecule has 0 N–H and O–H groups in total. The van der Waals surface area contributed by atoms with E-state index in [0.29, 0.717) is 19.3 Å². The van der Waals surface area contributed by atoms with Crippen LogP contribution in [0.15, 0.2) is 85.1 Å². The number of esters is 3. The van der Waals surface area contributed by atoms with E-state index in [9.17, 15) is 14.4 Å². The Morgan fingerprint density at radius 3 is 1.25 bits per heavy atom. The van der Waals surface area contributed by atoms with Gasteiger partial charge in [-0.25, -0.2) is 0 Å². The van der Waals surface area contributed by atoms with Gasteiger partial charge in [0.1, 0.15) is 13.2 Å². The van der Waals surface area contributed by atoms with Gasteiger partial charge >= 0.3 is 17.9 Å². The van der Waals surface area contributed by atoms with Gasteiger partial charge in [0.25, 0.3) is 0 Å². The van der Waals surface area contributed by atoms with Crippen LogP contribution in [0.4, 0.5) is 0 Å². The molecule has 0 aromatic heterocycles. The monoisotopic (exact) mass is 779 g/mol. The zero-order valence-electron chi connectivity index (χ0n) is 36.1. The zero-order valence-corrected chi connectivity index (χ0v) is 36.1. The van der Waals surface area contributed by atoms with Crippen molar-refractivity contribution in [2.75, 3.05) is 13.2 Å². The third kappa shape index (κ3) is 41.7. The second-order valence-electron chi connectivity index (χ2n) is 14.7. The number of carbonyl (C=O) groups is 3. The summed E-state index contributed by atoms with van der Waals surface area (Å²) >= 11 is 0. The van der Waals surface area contributed by atoms with Crippen molar-refractivity contribution >= 4 is 17.9 Å². The van der Waals surface area contributed by atoms with Crippen molar-refractivity contribution in [1.82, 2.24) is 0 Å². The lowest BCUT2D eigenvalue weighted by Crippen LogP contribution is -2.30. The predicted octanol–water partition coefficient (Wildman–Crippen LogP) is 14.5. The minimum atomic E-state index is -0.820. The molecule has 0 saturated carbocycles. The number of carbonyl (C=O) groups excluding carboxylic acids is 3. The van der Waals surface area contributed by atoms with Crippen LogP contribution in [0.5, 0.6) is 0 Å². The molecule has 0 aliphatic rings. The summed E-state index contributed by atoms with van der Waals surface area (Å²) < 4.78 is 16.6. The summed E-state index contributed by atoms with van der Waals surface area (Å²) in [5, 5.41) is 0. The molecule has 0 bridgehead atoms. The predicted molar refractivity (Wildman–Crippen MR) is 237 cm³/mol. The highest BCUT2D eigenvalue weighted by molar-refractivity contribution is 5.71.